The first-order chi connectivity index (χ1) is 17.5. The molecule has 0 bridgehead atoms. The smallest absolute Gasteiger partial charge is 0.247 e. The molecule has 1 fully saturated rings. The molecule has 1 aliphatic heterocycles. The number of tetrazole rings is 1. The third kappa shape index (κ3) is 5.61. The van der Waals surface area contributed by atoms with Gasteiger partial charge in [0.25, 0.3) is 0 Å². The summed E-state index contributed by atoms with van der Waals surface area (Å²) in [7, 11) is 0. The molecule has 0 spiro atoms. The van der Waals surface area contributed by atoms with Gasteiger partial charge in [-0.05, 0) is 47.9 Å². The van der Waals surface area contributed by atoms with Crippen molar-refractivity contribution in [1.82, 2.24) is 30.4 Å². The maximum absolute atomic E-state index is 14.1. The van der Waals surface area contributed by atoms with Gasteiger partial charge in [-0.3, -0.25) is 9.59 Å². The van der Waals surface area contributed by atoms with Crippen molar-refractivity contribution in [3.8, 4) is 22.9 Å². The summed E-state index contributed by atoms with van der Waals surface area (Å²) in [4.78, 5) is 28.7. The molecule has 5 rings (SSSR count). The van der Waals surface area contributed by atoms with Crippen molar-refractivity contribution < 1.29 is 23.5 Å². The predicted octanol–water partition coefficient (Wildman–Crippen LogP) is 2.69. The monoisotopic (exact) mass is 494 g/mol. The van der Waals surface area contributed by atoms with Crippen LogP contribution in [0.4, 0.5) is 4.39 Å². The first-order valence-corrected chi connectivity index (χ1v) is 12.0. The van der Waals surface area contributed by atoms with Gasteiger partial charge in [0.15, 0.2) is 11.5 Å². The molecule has 0 unspecified atom stereocenters. The van der Waals surface area contributed by atoms with Gasteiger partial charge >= 0.3 is 0 Å². The second kappa shape index (κ2) is 10.7. The van der Waals surface area contributed by atoms with Crippen molar-refractivity contribution >= 4 is 11.8 Å². The topological polar surface area (TPSA) is 111 Å². The Morgan fingerprint density at radius 1 is 1.08 bits per heavy atom. The van der Waals surface area contributed by atoms with Crippen LogP contribution in [0.3, 0.4) is 0 Å². The minimum atomic E-state index is -0.479. The molecule has 1 saturated carbocycles. The van der Waals surface area contributed by atoms with E-state index in [-0.39, 0.29) is 55.7 Å². The van der Waals surface area contributed by atoms with Crippen LogP contribution in [0.2, 0.25) is 0 Å². The molecule has 0 saturated heterocycles. The molecule has 2 heterocycles. The highest BCUT2D eigenvalue weighted by atomic mass is 19.1. The Hall–Kier alpha value is -4.02. The number of carbonyl (C=O) groups excluding carboxylic acids is 2. The SMILES string of the molecule is O=C(CN(Cc1ccc2c(c1)OCO2)C(=O)Cn1nnc(-c2ccccc2F)n1)NC1CCCCC1. The normalized spacial score (nSPS) is 15.0. The molecule has 0 atom stereocenters. The van der Waals surface area contributed by atoms with E-state index in [1.165, 1.54) is 17.4 Å². The summed E-state index contributed by atoms with van der Waals surface area (Å²) in [6.45, 7) is -0.0304. The highest BCUT2D eigenvalue weighted by Crippen LogP contribution is 2.32. The lowest BCUT2D eigenvalue weighted by molar-refractivity contribution is -0.137. The third-order valence-corrected chi connectivity index (χ3v) is 6.31. The minimum Gasteiger partial charge on any atom is -0.454 e. The number of hydrogen-bond donors (Lipinski definition) is 1. The van der Waals surface area contributed by atoms with Crippen LogP contribution in [-0.2, 0) is 22.7 Å². The zero-order chi connectivity index (χ0) is 24.9. The zero-order valence-electron chi connectivity index (χ0n) is 19.7. The average molecular weight is 495 g/mol. The van der Waals surface area contributed by atoms with Crippen LogP contribution < -0.4 is 14.8 Å². The van der Waals surface area contributed by atoms with Gasteiger partial charge in [0, 0.05) is 12.6 Å². The number of nitrogens with one attached hydrogen (secondary N) is 1. The van der Waals surface area contributed by atoms with Crippen LogP contribution in [-0.4, -0.2) is 56.3 Å². The molecule has 10 nitrogen and oxygen atoms in total. The Morgan fingerprint density at radius 2 is 1.89 bits per heavy atom. The Labute approximate surface area is 207 Å². The lowest BCUT2D eigenvalue weighted by Crippen LogP contribution is -2.45. The Balaban J connectivity index is 1.30. The van der Waals surface area contributed by atoms with Crippen LogP contribution in [0.15, 0.2) is 42.5 Å². The van der Waals surface area contributed by atoms with Crippen LogP contribution in [0.1, 0.15) is 37.7 Å². The van der Waals surface area contributed by atoms with Gasteiger partial charge in [0.05, 0.1) is 12.1 Å². The number of aromatic nitrogens is 4. The van der Waals surface area contributed by atoms with E-state index in [2.05, 4.69) is 20.7 Å². The van der Waals surface area contributed by atoms with Crippen molar-refractivity contribution in [3.05, 3.63) is 53.8 Å². The average Bonchev–Trinajstić information content (AvgIpc) is 3.54. The summed E-state index contributed by atoms with van der Waals surface area (Å²) < 4.78 is 24.9. The molecular weight excluding hydrogens is 467 g/mol. The predicted molar refractivity (Wildman–Crippen MR) is 126 cm³/mol. The number of amides is 2. The van der Waals surface area contributed by atoms with Gasteiger partial charge < -0.3 is 19.7 Å². The van der Waals surface area contributed by atoms with Gasteiger partial charge in [-0.1, -0.05) is 37.5 Å². The van der Waals surface area contributed by atoms with Crippen LogP contribution in [0, 0.1) is 5.82 Å². The molecule has 2 aliphatic rings. The summed E-state index contributed by atoms with van der Waals surface area (Å²) in [6, 6.07) is 11.6. The summed E-state index contributed by atoms with van der Waals surface area (Å²) >= 11 is 0. The fourth-order valence-corrected chi connectivity index (χ4v) is 4.47. The second-order valence-electron chi connectivity index (χ2n) is 8.96. The standard InChI is InChI=1S/C25H27FN6O4/c26-20-9-5-4-8-19(20)25-28-30-32(29-25)15-24(34)31(14-23(33)27-18-6-2-1-3-7-18)13-17-10-11-21-22(12-17)36-16-35-21/h4-5,8-12,18H,1-3,6-7,13-16H2,(H,27,33). The number of ether oxygens (including phenoxy) is 2. The summed E-state index contributed by atoms with van der Waals surface area (Å²) in [5.41, 5.74) is 0.983. The van der Waals surface area contributed by atoms with Crippen LogP contribution in [0.5, 0.6) is 11.5 Å². The van der Waals surface area contributed by atoms with Gasteiger partial charge in [-0.25, -0.2) is 4.39 Å². The lowest BCUT2D eigenvalue weighted by atomic mass is 9.95. The molecule has 0 radical (unpaired) electrons. The van der Waals surface area contributed by atoms with Crippen molar-refractivity contribution in [2.45, 2.75) is 51.2 Å². The third-order valence-electron chi connectivity index (χ3n) is 6.31. The van der Waals surface area contributed by atoms with Crippen LogP contribution in [0.25, 0.3) is 11.4 Å². The molecule has 11 heteroatoms. The molecule has 2 amide bonds. The van der Waals surface area contributed by atoms with Gasteiger partial charge in [-0.15, -0.1) is 10.2 Å². The Bertz CT molecular complexity index is 1240. The maximum atomic E-state index is 14.1. The number of benzene rings is 2. The molecule has 2 aromatic carbocycles. The van der Waals surface area contributed by atoms with E-state index >= 15 is 0 Å². The van der Waals surface area contributed by atoms with Gasteiger partial charge in [0.1, 0.15) is 12.4 Å². The largest absolute Gasteiger partial charge is 0.454 e. The van der Waals surface area contributed by atoms with Crippen molar-refractivity contribution in [2.75, 3.05) is 13.3 Å². The number of halogens is 1. The number of hydrogen-bond acceptors (Lipinski definition) is 7. The number of rotatable bonds is 8. The summed E-state index contributed by atoms with van der Waals surface area (Å²) in [5, 5.41) is 15.0. The molecule has 1 aliphatic carbocycles. The Morgan fingerprint density at radius 3 is 2.72 bits per heavy atom. The molecule has 36 heavy (non-hydrogen) atoms. The van der Waals surface area contributed by atoms with Gasteiger partial charge in [-0.2, -0.15) is 4.80 Å². The minimum absolute atomic E-state index is 0.0817. The first-order valence-electron chi connectivity index (χ1n) is 12.0. The Kier molecular flexibility index (Phi) is 7.06. The van der Waals surface area contributed by atoms with Crippen molar-refractivity contribution in [2.24, 2.45) is 0 Å². The van der Waals surface area contributed by atoms with E-state index in [1.54, 1.807) is 30.3 Å². The summed E-state index contributed by atoms with van der Waals surface area (Å²) in [5.74, 6) is 0.252. The maximum Gasteiger partial charge on any atom is 0.247 e. The number of nitrogens with zero attached hydrogens (tertiary/aromatic N) is 5. The molecule has 188 valence electrons. The second-order valence-corrected chi connectivity index (χ2v) is 8.96. The fraction of sp³-hybridized carbons (Fsp3) is 0.400. The van der Waals surface area contributed by atoms with E-state index in [1.807, 2.05) is 6.07 Å². The molecule has 1 N–H and O–H groups in total. The van der Waals surface area contributed by atoms with Crippen molar-refractivity contribution in [1.29, 1.82) is 0 Å². The summed E-state index contributed by atoms with van der Waals surface area (Å²) in [6.07, 6.45) is 5.26. The van der Waals surface area contributed by atoms with E-state index in [4.69, 9.17) is 9.47 Å². The fourth-order valence-electron chi connectivity index (χ4n) is 4.47. The van der Waals surface area contributed by atoms with Crippen LogP contribution >= 0.6 is 0 Å². The van der Waals surface area contributed by atoms with E-state index < -0.39 is 5.82 Å². The van der Waals surface area contributed by atoms with Crippen molar-refractivity contribution in [3.63, 3.8) is 0 Å². The van der Waals surface area contributed by atoms with E-state index in [0.29, 0.717) is 11.5 Å². The molecule has 3 aromatic rings. The lowest BCUT2D eigenvalue weighted by Gasteiger charge is -2.26. The first kappa shape index (κ1) is 23.7. The van der Waals surface area contributed by atoms with E-state index in [9.17, 15) is 14.0 Å². The molecule has 1 aromatic heterocycles. The molecular formula is C25H27FN6O4. The number of carbonyl (C=O) groups is 2. The van der Waals surface area contributed by atoms with E-state index in [0.717, 1.165) is 36.0 Å². The van der Waals surface area contributed by atoms with Gasteiger partial charge in [0.2, 0.25) is 24.4 Å². The highest BCUT2D eigenvalue weighted by molar-refractivity contribution is 5.84. The highest BCUT2D eigenvalue weighted by Gasteiger charge is 2.23. The quantitative estimate of drug-likeness (QED) is 0.513. The number of fused-ring (bicyclic) bond motifs is 1. The zero-order valence-corrected chi connectivity index (χ0v) is 19.7.